The van der Waals surface area contributed by atoms with E-state index in [1.54, 1.807) is 23.3 Å². The van der Waals surface area contributed by atoms with Crippen molar-refractivity contribution in [2.24, 2.45) is 0 Å². The molecule has 0 aromatic heterocycles. The maximum atomic E-state index is 12.6. The van der Waals surface area contributed by atoms with Gasteiger partial charge in [0.1, 0.15) is 0 Å². The van der Waals surface area contributed by atoms with Crippen molar-refractivity contribution < 1.29 is 13.2 Å². The maximum Gasteiger partial charge on any atom is 0.222 e. The first kappa shape index (κ1) is 20.3. The number of fused-ring (bicyclic) bond motifs is 2. The van der Waals surface area contributed by atoms with E-state index in [1.807, 2.05) is 6.92 Å². The van der Waals surface area contributed by atoms with Crippen LogP contribution in [0.3, 0.4) is 0 Å². The minimum absolute atomic E-state index is 0.0185. The second-order valence-electron chi connectivity index (χ2n) is 8.33. The molecule has 27 heavy (non-hydrogen) atoms. The predicted molar refractivity (Wildman–Crippen MR) is 108 cm³/mol. The molecule has 0 saturated carbocycles. The normalized spacial score (nSPS) is 22.0. The zero-order valence-corrected chi connectivity index (χ0v) is 17.6. The number of unbranched alkanes of at least 4 members (excludes halogenated alkanes) is 1. The lowest BCUT2D eigenvalue weighted by atomic mass is 9.73. The van der Waals surface area contributed by atoms with Crippen molar-refractivity contribution in [2.45, 2.75) is 56.8 Å². The van der Waals surface area contributed by atoms with Gasteiger partial charge in [-0.2, -0.15) is 0 Å². The van der Waals surface area contributed by atoms with E-state index in [9.17, 15) is 13.2 Å². The summed E-state index contributed by atoms with van der Waals surface area (Å²) in [6, 6.07) is 8.47. The monoisotopic (exact) mass is 392 g/mol. The number of hydrogen-bond acceptors (Lipinski definition) is 3. The number of nitrogens with zero attached hydrogens (tertiary/aromatic N) is 2. The first-order chi connectivity index (χ1) is 12.8. The molecule has 1 fully saturated rings. The van der Waals surface area contributed by atoms with E-state index in [4.69, 9.17) is 0 Å². The van der Waals surface area contributed by atoms with Crippen LogP contribution in [0.4, 0.5) is 0 Å². The summed E-state index contributed by atoms with van der Waals surface area (Å²) in [4.78, 5) is 14.0. The van der Waals surface area contributed by atoms with Crippen molar-refractivity contribution in [1.82, 2.24) is 9.21 Å². The zero-order chi connectivity index (χ0) is 19.7. The van der Waals surface area contributed by atoms with Gasteiger partial charge in [0.2, 0.25) is 15.9 Å². The van der Waals surface area contributed by atoms with Gasteiger partial charge in [-0.15, -0.1) is 0 Å². The van der Waals surface area contributed by atoms with E-state index in [0.717, 1.165) is 32.1 Å². The van der Waals surface area contributed by atoms with Crippen molar-refractivity contribution in [1.29, 1.82) is 0 Å². The minimum atomic E-state index is -3.14. The number of hydrogen-bond donors (Lipinski definition) is 0. The third kappa shape index (κ3) is 4.06. The van der Waals surface area contributed by atoms with E-state index >= 15 is 0 Å². The molecule has 1 aromatic rings. The number of piperidine rings is 1. The summed E-state index contributed by atoms with van der Waals surface area (Å²) >= 11 is 0. The van der Waals surface area contributed by atoms with E-state index < -0.39 is 10.0 Å². The lowest BCUT2D eigenvalue weighted by Gasteiger charge is -2.40. The molecule has 150 valence electrons. The van der Waals surface area contributed by atoms with Gasteiger partial charge in [-0.25, -0.2) is 12.7 Å². The second kappa shape index (κ2) is 7.92. The summed E-state index contributed by atoms with van der Waals surface area (Å²) in [5.74, 6) is 0.651. The van der Waals surface area contributed by atoms with E-state index in [2.05, 4.69) is 24.3 Å². The average Bonchev–Trinajstić information content (AvgIpc) is 2.94. The molecule has 5 nitrogen and oxygen atoms in total. The van der Waals surface area contributed by atoms with Crippen LogP contribution in [0.2, 0.25) is 0 Å². The Bertz CT molecular complexity index is 780. The second-order valence-corrected chi connectivity index (χ2v) is 10.4. The lowest BCUT2D eigenvalue weighted by Crippen LogP contribution is -2.45. The van der Waals surface area contributed by atoms with Gasteiger partial charge in [0.15, 0.2) is 0 Å². The van der Waals surface area contributed by atoms with E-state index in [-0.39, 0.29) is 23.0 Å². The predicted octanol–water partition coefficient (Wildman–Crippen LogP) is 3.12. The van der Waals surface area contributed by atoms with Crippen LogP contribution in [0.1, 0.15) is 62.5 Å². The zero-order valence-electron chi connectivity index (χ0n) is 16.8. The quantitative estimate of drug-likeness (QED) is 0.747. The Balaban J connectivity index is 1.77. The summed E-state index contributed by atoms with van der Waals surface area (Å²) in [6.07, 6.45) is 4.80. The van der Waals surface area contributed by atoms with E-state index in [0.29, 0.717) is 19.5 Å². The highest BCUT2D eigenvalue weighted by Gasteiger charge is 2.46. The smallest absolute Gasteiger partial charge is 0.222 e. The van der Waals surface area contributed by atoms with Crippen LogP contribution in [0.25, 0.3) is 0 Å². The van der Waals surface area contributed by atoms with Gasteiger partial charge in [-0.05, 0) is 48.1 Å². The molecular weight excluding hydrogens is 360 g/mol. The standard InChI is InChI=1S/C21H32N2O3S/c1-4-5-14-27(25,26)23-12-10-21(11-13-23)16-17(15-20(24)22(2)3)18-8-6-7-9-19(18)21/h6-9,17H,4-5,10-16H2,1-3H3. The molecule has 2 aliphatic rings. The highest BCUT2D eigenvalue weighted by Crippen LogP contribution is 2.52. The largest absolute Gasteiger partial charge is 0.349 e. The number of carbonyl (C=O) groups excluding carboxylic acids is 1. The van der Waals surface area contributed by atoms with Crippen LogP contribution < -0.4 is 0 Å². The summed E-state index contributed by atoms with van der Waals surface area (Å²) in [5, 5.41) is 0. The number of carbonyl (C=O) groups is 1. The molecule has 1 heterocycles. The third-order valence-electron chi connectivity index (χ3n) is 6.36. The molecular formula is C21H32N2O3S. The molecule has 6 heteroatoms. The van der Waals surface area contributed by atoms with Gasteiger partial charge in [0.05, 0.1) is 5.75 Å². The van der Waals surface area contributed by atoms with Gasteiger partial charge in [0.25, 0.3) is 0 Å². The summed E-state index contributed by atoms with van der Waals surface area (Å²) < 4.78 is 26.8. The van der Waals surface area contributed by atoms with Crippen LogP contribution >= 0.6 is 0 Å². The van der Waals surface area contributed by atoms with Gasteiger partial charge in [0, 0.05) is 33.6 Å². The molecule has 0 N–H and O–H groups in total. The van der Waals surface area contributed by atoms with Crippen LogP contribution in [0, 0.1) is 0 Å². The Morgan fingerprint density at radius 3 is 2.52 bits per heavy atom. The van der Waals surface area contributed by atoms with Gasteiger partial charge >= 0.3 is 0 Å². The number of amides is 1. The first-order valence-electron chi connectivity index (χ1n) is 10.1. The number of benzene rings is 1. The maximum absolute atomic E-state index is 12.6. The molecule has 1 aliphatic heterocycles. The minimum Gasteiger partial charge on any atom is -0.349 e. The lowest BCUT2D eigenvalue weighted by molar-refractivity contribution is -0.129. The fraction of sp³-hybridized carbons (Fsp3) is 0.667. The Hall–Kier alpha value is -1.40. The van der Waals surface area contributed by atoms with Crippen molar-refractivity contribution >= 4 is 15.9 Å². The molecule has 1 unspecified atom stereocenters. The Morgan fingerprint density at radius 1 is 1.22 bits per heavy atom. The number of rotatable bonds is 6. The summed E-state index contributed by atoms with van der Waals surface area (Å²) in [7, 11) is 0.468. The van der Waals surface area contributed by atoms with Crippen LogP contribution in [-0.4, -0.2) is 56.5 Å². The molecule has 1 amide bonds. The van der Waals surface area contributed by atoms with E-state index in [1.165, 1.54) is 11.1 Å². The fourth-order valence-corrected chi connectivity index (χ4v) is 6.38. The van der Waals surface area contributed by atoms with Crippen LogP contribution in [0.5, 0.6) is 0 Å². The average molecular weight is 393 g/mol. The van der Waals surface area contributed by atoms with Crippen molar-refractivity contribution in [3.8, 4) is 0 Å². The topological polar surface area (TPSA) is 57.7 Å². The van der Waals surface area contributed by atoms with Crippen LogP contribution in [0.15, 0.2) is 24.3 Å². The number of sulfonamides is 1. The molecule has 1 saturated heterocycles. The SMILES string of the molecule is CCCCS(=O)(=O)N1CCC2(CC1)CC(CC(=O)N(C)C)c1ccccc12. The molecule has 1 aromatic carbocycles. The molecule has 1 spiro atoms. The van der Waals surface area contributed by atoms with Gasteiger partial charge in [-0.3, -0.25) is 4.79 Å². The molecule has 3 rings (SSSR count). The van der Waals surface area contributed by atoms with Crippen molar-refractivity contribution in [3.05, 3.63) is 35.4 Å². The molecule has 1 atom stereocenters. The Morgan fingerprint density at radius 2 is 1.89 bits per heavy atom. The van der Waals surface area contributed by atoms with Gasteiger partial charge < -0.3 is 4.90 Å². The van der Waals surface area contributed by atoms with Crippen molar-refractivity contribution in [3.63, 3.8) is 0 Å². The molecule has 1 aliphatic carbocycles. The highest BCUT2D eigenvalue weighted by atomic mass is 32.2. The molecule has 0 bridgehead atoms. The summed E-state index contributed by atoms with van der Waals surface area (Å²) in [5.41, 5.74) is 2.65. The Labute approximate surface area is 163 Å². The van der Waals surface area contributed by atoms with Gasteiger partial charge in [-0.1, -0.05) is 37.6 Å². The van der Waals surface area contributed by atoms with Crippen LogP contribution in [-0.2, 0) is 20.2 Å². The summed E-state index contributed by atoms with van der Waals surface area (Å²) in [6.45, 7) is 3.20. The highest BCUT2D eigenvalue weighted by molar-refractivity contribution is 7.89. The van der Waals surface area contributed by atoms with Crippen molar-refractivity contribution in [2.75, 3.05) is 32.9 Å². The third-order valence-corrected chi connectivity index (χ3v) is 8.31. The molecule has 0 radical (unpaired) electrons. The fourth-order valence-electron chi connectivity index (χ4n) is 4.72. The Kier molecular flexibility index (Phi) is 5.96. The first-order valence-corrected chi connectivity index (χ1v) is 11.7.